The second-order valence-corrected chi connectivity index (χ2v) is 8.31. The van der Waals surface area contributed by atoms with Gasteiger partial charge in [0.25, 0.3) is 0 Å². The highest BCUT2D eigenvalue weighted by Gasteiger charge is 2.48. The maximum atomic E-state index is 11.4. The van der Waals surface area contributed by atoms with Gasteiger partial charge in [-0.25, -0.2) is 0 Å². The molecule has 1 unspecified atom stereocenters. The van der Waals surface area contributed by atoms with Gasteiger partial charge in [0.2, 0.25) is 0 Å². The number of benzene rings is 1. The van der Waals surface area contributed by atoms with Gasteiger partial charge < -0.3 is 19.7 Å². The van der Waals surface area contributed by atoms with Crippen molar-refractivity contribution in [1.29, 1.82) is 0 Å². The molecule has 0 spiro atoms. The van der Waals surface area contributed by atoms with Crippen molar-refractivity contribution in [3.8, 4) is 17.6 Å². The summed E-state index contributed by atoms with van der Waals surface area (Å²) >= 11 is 0. The van der Waals surface area contributed by atoms with E-state index in [0.29, 0.717) is 25.7 Å². The highest BCUT2D eigenvalue weighted by Crippen LogP contribution is 2.52. The van der Waals surface area contributed by atoms with E-state index in [1.165, 1.54) is 7.11 Å². The molecule has 3 rings (SSSR count). The van der Waals surface area contributed by atoms with Crippen molar-refractivity contribution >= 4 is 5.97 Å². The third-order valence-corrected chi connectivity index (χ3v) is 6.26. The summed E-state index contributed by atoms with van der Waals surface area (Å²) in [6.07, 6.45) is 5.66. The summed E-state index contributed by atoms with van der Waals surface area (Å²) in [4.78, 5) is 11.4. The van der Waals surface area contributed by atoms with Crippen molar-refractivity contribution in [3.63, 3.8) is 0 Å². The molecule has 1 aromatic rings. The minimum atomic E-state index is -0.594. The lowest BCUT2D eigenvalue weighted by atomic mass is 9.86. The molecule has 1 aromatic carbocycles. The van der Waals surface area contributed by atoms with Gasteiger partial charge in [-0.05, 0) is 31.2 Å². The van der Waals surface area contributed by atoms with E-state index in [2.05, 4.69) is 17.9 Å². The van der Waals surface area contributed by atoms with E-state index in [9.17, 15) is 15.0 Å². The van der Waals surface area contributed by atoms with Crippen LogP contribution < -0.4 is 4.74 Å². The SMILES string of the molecule is CC#CC[C@H](C)[C@H](O)/C=C/C1[C@H](O)C[C@@H]2Oc3c(CCCC(=O)OC)cccc3[C@H]12. The molecule has 5 nitrogen and oxygen atoms in total. The molecule has 0 amide bonds. The molecule has 5 heteroatoms. The van der Waals surface area contributed by atoms with E-state index >= 15 is 0 Å². The fraction of sp³-hybridized carbons (Fsp3) is 0.560. The highest BCUT2D eigenvalue weighted by molar-refractivity contribution is 5.69. The van der Waals surface area contributed by atoms with E-state index < -0.39 is 12.2 Å². The number of methoxy groups -OCH3 is 1. The number of aliphatic hydroxyl groups excluding tert-OH is 2. The molecule has 1 heterocycles. The van der Waals surface area contributed by atoms with E-state index in [4.69, 9.17) is 9.47 Å². The lowest BCUT2D eigenvalue weighted by Crippen LogP contribution is -2.19. The Morgan fingerprint density at radius 3 is 2.97 bits per heavy atom. The smallest absolute Gasteiger partial charge is 0.305 e. The molecule has 1 aliphatic carbocycles. The maximum Gasteiger partial charge on any atom is 0.305 e. The Morgan fingerprint density at radius 2 is 2.23 bits per heavy atom. The number of ether oxygens (including phenoxy) is 2. The van der Waals surface area contributed by atoms with Crippen molar-refractivity contribution in [2.24, 2.45) is 11.8 Å². The van der Waals surface area contributed by atoms with Crippen LogP contribution in [-0.4, -0.2) is 41.6 Å². The Kier molecular flexibility index (Phi) is 7.58. The topological polar surface area (TPSA) is 76.0 Å². The van der Waals surface area contributed by atoms with Gasteiger partial charge in [0, 0.05) is 36.7 Å². The summed E-state index contributed by atoms with van der Waals surface area (Å²) in [6, 6.07) is 6.13. The van der Waals surface area contributed by atoms with Gasteiger partial charge in [-0.15, -0.1) is 11.8 Å². The van der Waals surface area contributed by atoms with Crippen LogP contribution in [0.1, 0.15) is 56.6 Å². The minimum Gasteiger partial charge on any atom is -0.489 e. The Morgan fingerprint density at radius 1 is 1.43 bits per heavy atom. The lowest BCUT2D eigenvalue weighted by Gasteiger charge is -2.19. The molecule has 0 radical (unpaired) electrons. The minimum absolute atomic E-state index is 0.0385. The first-order chi connectivity index (χ1) is 14.5. The molecule has 2 N–H and O–H groups in total. The summed E-state index contributed by atoms with van der Waals surface area (Å²) in [5.41, 5.74) is 2.20. The van der Waals surface area contributed by atoms with Crippen LogP contribution in [0.15, 0.2) is 30.4 Å². The van der Waals surface area contributed by atoms with Crippen molar-refractivity contribution < 1.29 is 24.5 Å². The molecular weight excluding hydrogens is 380 g/mol. The molecule has 162 valence electrons. The average Bonchev–Trinajstić information content (AvgIpc) is 3.25. The van der Waals surface area contributed by atoms with Crippen LogP contribution in [0, 0.1) is 23.7 Å². The Labute approximate surface area is 179 Å². The summed E-state index contributed by atoms with van der Waals surface area (Å²) < 4.78 is 11.0. The van der Waals surface area contributed by atoms with Gasteiger partial charge in [0.15, 0.2) is 0 Å². The molecule has 0 bridgehead atoms. The highest BCUT2D eigenvalue weighted by atomic mass is 16.5. The van der Waals surface area contributed by atoms with Crippen molar-refractivity contribution in [2.45, 2.75) is 70.2 Å². The van der Waals surface area contributed by atoms with Crippen LogP contribution in [0.2, 0.25) is 0 Å². The Balaban J connectivity index is 1.73. The van der Waals surface area contributed by atoms with E-state index in [1.807, 2.05) is 25.1 Å². The predicted octanol–water partition coefficient (Wildman–Crippen LogP) is 3.37. The number of aliphatic hydroxyl groups is 2. The first kappa shape index (κ1) is 22.4. The van der Waals surface area contributed by atoms with Gasteiger partial charge in [-0.2, -0.15) is 0 Å². The Bertz CT molecular complexity index is 834. The number of rotatable bonds is 8. The second kappa shape index (κ2) is 10.1. The molecular formula is C25H32O5. The fourth-order valence-electron chi connectivity index (χ4n) is 4.51. The van der Waals surface area contributed by atoms with Crippen molar-refractivity contribution in [1.82, 2.24) is 0 Å². The molecule has 0 saturated heterocycles. The van der Waals surface area contributed by atoms with Crippen LogP contribution in [0.4, 0.5) is 0 Å². The van der Waals surface area contributed by atoms with Gasteiger partial charge >= 0.3 is 5.97 Å². The van der Waals surface area contributed by atoms with Crippen LogP contribution in [-0.2, 0) is 16.0 Å². The normalized spacial score (nSPS) is 26.3. The van der Waals surface area contributed by atoms with E-state index in [0.717, 1.165) is 23.3 Å². The summed E-state index contributed by atoms with van der Waals surface area (Å²) in [7, 11) is 1.40. The van der Waals surface area contributed by atoms with Crippen molar-refractivity contribution in [3.05, 3.63) is 41.5 Å². The molecule has 1 fully saturated rings. The quantitative estimate of drug-likeness (QED) is 0.389. The third-order valence-electron chi connectivity index (χ3n) is 6.26. The van der Waals surface area contributed by atoms with Gasteiger partial charge in [0.1, 0.15) is 11.9 Å². The number of carbonyl (C=O) groups is 1. The molecule has 1 aliphatic heterocycles. The molecule has 6 atom stereocenters. The second-order valence-electron chi connectivity index (χ2n) is 8.31. The first-order valence-corrected chi connectivity index (χ1v) is 10.8. The average molecular weight is 413 g/mol. The van der Waals surface area contributed by atoms with Gasteiger partial charge in [-0.1, -0.05) is 37.3 Å². The molecule has 1 saturated carbocycles. The maximum absolute atomic E-state index is 11.4. The zero-order valence-corrected chi connectivity index (χ0v) is 18.0. The van der Waals surface area contributed by atoms with Gasteiger partial charge in [0.05, 0.1) is 19.3 Å². The summed E-state index contributed by atoms with van der Waals surface area (Å²) in [5, 5.41) is 21.1. The monoisotopic (exact) mass is 412 g/mol. The summed E-state index contributed by atoms with van der Waals surface area (Å²) in [6.45, 7) is 3.77. The number of aryl methyl sites for hydroxylation is 1. The van der Waals surface area contributed by atoms with E-state index in [-0.39, 0.29) is 29.8 Å². The zero-order chi connectivity index (χ0) is 21.7. The number of para-hydroxylation sites is 1. The van der Waals surface area contributed by atoms with Crippen LogP contribution in [0.3, 0.4) is 0 Å². The number of hydrogen-bond donors (Lipinski definition) is 2. The number of hydrogen-bond acceptors (Lipinski definition) is 5. The fourth-order valence-corrected chi connectivity index (χ4v) is 4.51. The number of esters is 1. The lowest BCUT2D eigenvalue weighted by molar-refractivity contribution is -0.140. The van der Waals surface area contributed by atoms with E-state index in [1.54, 1.807) is 13.0 Å². The van der Waals surface area contributed by atoms with Crippen LogP contribution >= 0.6 is 0 Å². The van der Waals surface area contributed by atoms with Crippen LogP contribution in [0.25, 0.3) is 0 Å². The standard InChI is InChI=1S/C25H32O5/c1-4-5-8-16(2)20(26)14-13-18-21(27)15-22-24(18)19-11-6-9-17(25(19)30-22)10-7-12-23(28)29-3/h6,9,11,13-14,16,18,20-22,24,26-27H,7-8,10,12,15H2,1-3H3/b14-13+/t16-,18?,20+,21+,22-,24-/m0/s1. The summed E-state index contributed by atoms with van der Waals surface area (Å²) in [5.74, 6) is 6.58. The Hall–Kier alpha value is -2.29. The number of fused-ring (bicyclic) bond motifs is 3. The molecule has 0 aromatic heterocycles. The molecule has 30 heavy (non-hydrogen) atoms. The number of carbonyl (C=O) groups excluding carboxylic acids is 1. The van der Waals surface area contributed by atoms with Gasteiger partial charge in [-0.3, -0.25) is 4.79 Å². The zero-order valence-electron chi connectivity index (χ0n) is 18.0. The molecule has 2 aliphatic rings. The largest absolute Gasteiger partial charge is 0.489 e. The van der Waals surface area contributed by atoms with Crippen LogP contribution in [0.5, 0.6) is 5.75 Å². The van der Waals surface area contributed by atoms with Crippen molar-refractivity contribution in [2.75, 3.05) is 7.11 Å². The first-order valence-electron chi connectivity index (χ1n) is 10.8. The predicted molar refractivity (Wildman–Crippen MR) is 115 cm³/mol. The third kappa shape index (κ3) is 4.88.